The number of benzene rings is 1. The quantitative estimate of drug-likeness (QED) is 0.475. The first kappa shape index (κ1) is 22.5. The lowest BCUT2D eigenvalue weighted by atomic mass is 10.1. The number of nitrogens with zero attached hydrogens (tertiary/aromatic N) is 2. The average molecular weight is 410 g/mol. The lowest BCUT2D eigenvalue weighted by Gasteiger charge is -2.26. The van der Waals surface area contributed by atoms with Crippen LogP contribution in [0.15, 0.2) is 34.3 Å². The molecule has 1 aliphatic heterocycles. The largest absolute Gasteiger partial charge is 0.379 e. The second-order valence-corrected chi connectivity index (χ2v) is 8.81. The van der Waals surface area contributed by atoms with Gasteiger partial charge in [0.1, 0.15) is 0 Å². The maximum Gasteiger partial charge on any atom is 0.243 e. The SMILES string of the molecule is CCCC(CCC)=NNC(=O)CCc1ccc(S(=O)(=O)N2CCOCC2)cc1. The third-order valence-corrected chi connectivity index (χ3v) is 6.50. The molecule has 0 aromatic heterocycles. The van der Waals surface area contributed by atoms with E-state index in [1.165, 1.54) is 4.31 Å². The van der Waals surface area contributed by atoms with E-state index in [1.807, 2.05) is 0 Å². The standard InChI is InChI=1S/C20H31N3O4S/c1-3-5-18(6-4-2)21-22-20(24)12-9-17-7-10-19(11-8-17)28(25,26)23-13-15-27-16-14-23/h7-8,10-11H,3-6,9,12-16H2,1-2H3,(H,22,24). The molecule has 0 unspecified atom stereocenters. The second-order valence-electron chi connectivity index (χ2n) is 6.87. The van der Waals surface area contributed by atoms with Crippen molar-refractivity contribution in [3.05, 3.63) is 29.8 Å². The summed E-state index contributed by atoms with van der Waals surface area (Å²) in [5.41, 5.74) is 4.58. The Labute approximate surface area is 168 Å². The van der Waals surface area contributed by atoms with Gasteiger partial charge in [-0.15, -0.1) is 0 Å². The fourth-order valence-electron chi connectivity index (χ4n) is 3.03. The number of hydrogen-bond acceptors (Lipinski definition) is 5. The molecule has 1 aliphatic rings. The van der Waals surface area contributed by atoms with E-state index in [-0.39, 0.29) is 10.8 Å². The number of carbonyl (C=O) groups is 1. The van der Waals surface area contributed by atoms with Crippen molar-refractivity contribution in [1.82, 2.24) is 9.73 Å². The maximum atomic E-state index is 12.6. The molecule has 0 bridgehead atoms. The number of hydrazone groups is 1. The molecule has 1 saturated heterocycles. The highest BCUT2D eigenvalue weighted by atomic mass is 32.2. The molecule has 8 heteroatoms. The van der Waals surface area contributed by atoms with Crippen LogP contribution in [0, 0.1) is 0 Å². The highest BCUT2D eigenvalue weighted by Gasteiger charge is 2.26. The van der Waals surface area contributed by atoms with E-state index in [0.29, 0.717) is 39.1 Å². The van der Waals surface area contributed by atoms with E-state index in [9.17, 15) is 13.2 Å². The fourth-order valence-corrected chi connectivity index (χ4v) is 4.44. The number of morpholine rings is 1. The monoisotopic (exact) mass is 409 g/mol. The Morgan fingerprint density at radius 3 is 2.25 bits per heavy atom. The van der Waals surface area contributed by atoms with E-state index in [4.69, 9.17) is 4.74 Å². The van der Waals surface area contributed by atoms with Crippen LogP contribution < -0.4 is 5.43 Å². The first-order valence-corrected chi connectivity index (χ1v) is 11.4. The van der Waals surface area contributed by atoms with Crippen LogP contribution in [0.5, 0.6) is 0 Å². The van der Waals surface area contributed by atoms with Crippen LogP contribution in [0.25, 0.3) is 0 Å². The van der Waals surface area contributed by atoms with Crippen molar-refractivity contribution in [2.75, 3.05) is 26.3 Å². The van der Waals surface area contributed by atoms with Crippen molar-refractivity contribution in [2.24, 2.45) is 5.10 Å². The number of rotatable bonds is 10. The molecule has 0 radical (unpaired) electrons. The predicted molar refractivity (Wildman–Crippen MR) is 110 cm³/mol. The Bertz CT molecular complexity index is 746. The predicted octanol–water partition coefficient (Wildman–Crippen LogP) is 2.71. The van der Waals surface area contributed by atoms with Gasteiger partial charge in [-0.1, -0.05) is 38.8 Å². The first-order chi connectivity index (χ1) is 13.5. The molecule has 1 N–H and O–H groups in total. The van der Waals surface area contributed by atoms with Gasteiger partial charge in [0.2, 0.25) is 15.9 Å². The lowest BCUT2D eigenvalue weighted by Crippen LogP contribution is -2.40. The molecule has 1 fully saturated rings. The van der Waals surface area contributed by atoms with Gasteiger partial charge in [-0.25, -0.2) is 13.8 Å². The summed E-state index contributed by atoms with van der Waals surface area (Å²) in [6.45, 7) is 5.79. The zero-order valence-corrected chi connectivity index (χ0v) is 17.6. The molecule has 28 heavy (non-hydrogen) atoms. The molecule has 0 aliphatic carbocycles. The van der Waals surface area contributed by atoms with Gasteiger partial charge in [0.15, 0.2) is 0 Å². The van der Waals surface area contributed by atoms with Crippen molar-refractivity contribution < 1.29 is 17.9 Å². The van der Waals surface area contributed by atoms with E-state index >= 15 is 0 Å². The van der Waals surface area contributed by atoms with E-state index in [2.05, 4.69) is 24.4 Å². The van der Waals surface area contributed by atoms with Crippen molar-refractivity contribution in [1.29, 1.82) is 0 Å². The zero-order chi connectivity index (χ0) is 20.4. The average Bonchev–Trinajstić information content (AvgIpc) is 2.72. The normalized spacial score (nSPS) is 15.2. The highest BCUT2D eigenvalue weighted by Crippen LogP contribution is 2.18. The summed E-state index contributed by atoms with van der Waals surface area (Å²) < 4.78 is 31.9. The van der Waals surface area contributed by atoms with Crippen LogP contribution >= 0.6 is 0 Å². The topological polar surface area (TPSA) is 88.1 Å². The maximum absolute atomic E-state index is 12.6. The molecular formula is C20H31N3O4S. The van der Waals surface area contributed by atoms with Crippen molar-refractivity contribution >= 4 is 21.6 Å². The number of sulfonamides is 1. The number of hydrogen-bond donors (Lipinski definition) is 1. The first-order valence-electron chi connectivity index (χ1n) is 9.98. The van der Waals surface area contributed by atoms with Crippen molar-refractivity contribution in [3.63, 3.8) is 0 Å². The Morgan fingerprint density at radius 1 is 1.07 bits per heavy atom. The van der Waals surface area contributed by atoms with Crippen LogP contribution in [0.1, 0.15) is 51.5 Å². The van der Waals surface area contributed by atoms with Crippen LogP contribution in [-0.2, 0) is 26.0 Å². The zero-order valence-electron chi connectivity index (χ0n) is 16.8. The summed E-state index contributed by atoms with van der Waals surface area (Å²) in [6, 6.07) is 6.75. The minimum atomic E-state index is -3.48. The second kappa shape index (κ2) is 11.3. The van der Waals surface area contributed by atoms with Crippen LogP contribution in [0.3, 0.4) is 0 Å². The molecular weight excluding hydrogens is 378 g/mol. The summed E-state index contributed by atoms with van der Waals surface area (Å²) in [4.78, 5) is 12.3. The highest BCUT2D eigenvalue weighted by molar-refractivity contribution is 7.89. The number of amides is 1. The summed E-state index contributed by atoms with van der Waals surface area (Å²) in [7, 11) is -3.48. The number of carbonyl (C=O) groups excluding carboxylic acids is 1. The summed E-state index contributed by atoms with van der Waals surface area (Å²) in [5.74, 6) is -0.130. The number of aryl methyl sites for hydroxylation is 1. The smallest absolute Gasteiger partial charge is 0.243 e. The van der Waals surface area contributed by atoms with Gasteiger partial charge in [-0.2, -0.15) is 9.41 Å². The molecule has 0 atom stereocenters. The summed E-state index contributed by atoms with van der Waals surface area (Å²) >= 11 is 0. The van der Waals surface area contributed by atoms with Crippen LogP contribution in [0.2, 0.25) is 0 Å². The molecule has 0 saturated carbocycles. The Balaban J connectivity index is 1.88. The molecule has 156 valence electrons. The minimum Gasteiger partial charge on any atom is -0.379 e. The van der Waals surface area contributed by atoms with Gasteiger partial charge in [0.25, 0.3) is 0 Å². The minimum absolute atomic E-state index is 0.130. The summed E-state index contributed by atoms with van der Waals surface area (Å²) in [6.07, 6.45) is 4.66. The molecule has 7 nitrogen and oxygen atoms in total. The number of ether oxygens (including phenoxy) is 1. The molecule has 1 amide bonds. The lowest BCUT2D eigenvalue weighted by molar-refractivity contribution is -0.121. The Morgan fingerprint density at radius 2 is 1.68 bits per heavy atom. The molecule has 1 aromatic carbocycles. The molecule has 1 aromatic rings. The van der Waals surface area contributed by atoms with Gasteiger partial charge in [0, 0.05) is 25.2 Å². The van der Waals surface area contributed by atoms with Crippen molar-refractivity contribution in [2.45, 2.75) is 57.3 Å². The van der Waals surface area contributed by atoms with Gasteiger partial charge in [-0.3, -0.25) is 4.79 Å². The van der Waals surface area contributed by atoms with Gasteiger partial charge < -0.3 is 4.74 Å². The van der Waals surface area contributed by atoms with E-state index < -0.39 is 10.0 Å². The number of nitrogens with one attached hydrogen (secondary N) is 1. The van der Waals surface area contributed by atoms with Crippen LogP contribution in [-0.4, -0.2) is 50.6 Å². The molecule has 0 spiro atoms. The molecule has 1 heterocycles. The summed E-state index contributed by atoms with van der Waals surface area (Å²) in [5, 5.41) is 4.24. The Hall–Kier alpha value is -1.77. The van der Waals surface area contributed by atoms with Gasteiger partial charge >= 0.3 is 0 Å². The van der Waals surface area contributed by atoms with E-state index in [1.54, 1.807) is 24.3 Å². The van der Waals surface area contributed by atoms with Gasteiger partial charge in [-0.05, 0) is 37.0 Å². The van der Waals surface area contributed by atoms with Crippen LogP contribution in [0.4, 0.5) is 0 Å². The third kappa shape index (κ3) is 6.68. The van der Waals surface area contributed by atoms with Crippen molar-refractivity contribution in [3.8, 4) is 0 Å². The van der Waals surface area contributed by atoms with E-state index in [0.717, 1.165) is 37.0 Å². The Kier molecular flexibility index (Phi) is 9.08. The van der Waals surface area contributed by atoms with Gasteiger partial charge in [0.05, 0.1) is 18.1 Å². The molecule has 2 rings (SSSR count). The fraction of sp³-hybridized carbons (Fsp3) is 0.600. The third-order valence-electron chi connectivity index (χ3n) is 4.59.